The Morgan fingerprint density at radius 2 is 2.05 bits per heavy atom. The zero-order chi connectivity index (χ0) is 14.5. The van der Waals surface area contributed by atoms with E-state index in [1.165, 1.54) is 12.3 Å². The van der Waals surface area contributed by atoms with Gasteiger partial charge in [0.15, 0.2) is 0 Å². The molecular weight excluding hydrogens is 262 g/mol. The van der Waals surface area contributed by atoms with Crippen molar-refractivity contribution in [3.63, 3.8) is 0 Å². The first kappa shape index (κ1) is 14.0. The first-order valence-electron chi connectivity index (χ1n) is 5.95. The van der Waals surface area contributed by atoms with E-state index in [0.29, 0.717) is 0 Å². The van der Waals surface area contributed by atoms with E-state index in [4.69, 9.17) is 14.6 Å². The normalized spacial score (nSPS) is 17.6. The molecule has 0 unspecified atom stereocenters. The molecule has 0 aliphatic carbocycles. The quantitative estimate of drug-likeness (QED) is 0.743. The number of rotatable bonds is 5. The van der Waals surface area contributed by atoms with Crippen molar-refractivity contribution in [1.82, 2.24) is 5.32 Å². The van der Waals surface area contributed by atoms with Crippen LogP contribution in [0.5, 0.6) is 5.75 Å². The molecule has 0 saturated carbocycles. The fourth-order valence-corrected chi connectivity index (χ4v) is 1.67. The molecule has 1 aliphatic rings. The maximum Gasteiger partial charge on any atom is 0.352 e. The third-order valence-electron chi connectivity index (χ3n) is 2.78. The summed E-state index contributed by atoms with van der Waals surface area (Å²) in [5.41, 5.74) is 0.834. The molecule has 0 aromatic heterocycles. The number of hydrogen-bond donors (Lipinski definition) is 3. The van der Waals surface area contributed by atoms with Crippen LogP contribution in [0.25, 0.3) is 0 Å². The van der Waals surface area contributed by atoms with Gasteiger partial charge in [0.2, 0.25) is 0 Å². The van der Waals surface area contributed by atoms with E-state index in [1.54, 1.807) is 7.11 Å². The highest BCUT2D eigenvalue weighted by Crippen LogP contribution is 2.16. The average Bonchev–Trinajstić information content (AvgIpc) is 2.46. The van der Waals surface area contributed by atoms with Gasteiger partial charge in [0.05, 0.1) is 7.11 Å². The van der Waals surface area contributed by atoms with Crippen molar-refractivity contribution in [3.8, 4) is 5.75 Å². The molecule has 1 heterocycles. The SMILES string of the molecule is COc1ccc(COC2=CNC(C(=O)O)=C[C@H]2O)cc1. The topological polar surface area (TPSA) is 88.0 Å². The highest BCUT2D eigenvalue weighted by molar-refractivity contribution is 5.86. The summed E-state index contributed by atoms with van der Waals surface area (Å²) in [6.45, 7) is 0.269. The van der Waals surface area contributed by atoms with Gasteiger partial charge < -0.3 is 25.0 Å². The number of aliphatic hydroxyl groups excluding tert-OH is 1. The van der Waals surface area contributed by atoms with Crippen molar-refractivity contribution in [2.24, 2.45) is 0 Å². The van der Waals surface area contributed by atoms with Gasteiger partial charge in [-0.15, -0.1) is 0 Å². The summed E-state index contributed by atoms with van der Waals surface area (Å²) < 4.78 is 10.5. The maximum atomic E-state index is 10.7. The summed E-state index contributed by atoms with van der Waals surface area (Å²) in [6, 6.07) is 7.32. The minimum absolute atomic E-state index is 0.0747. The van der Waals surface area contributed by atoms with Crippen LogP contribution in [0.1, 0.15) is 5.56 Å². The van der Waals surface area contributed by atoms with Crippen molar-refractivity contribution in [2.75, 3.05) is 7.11 Å². The van der Waals surface area contributed by atoms with Crippen molar-refractivity contribution in [2.45, 2.75) is 12.7 Å². The Bertz CT molecular complexity index is 547. The van der Waals surface area contributed by atoms with Crippen LogP contribution in [0.2, 0.25) is 0 Å². The van der Waals surface area contributed by atoms with Gasteiger partial charge in [-0.2, -0.15) is 0 Å². The molecule has 20 heavy (non-hydrogen) atoms. The van der Waals surface area contributed by atoms with Crippen molar-refractivity contribution in [3.05, 3.63) is 53.6 Å². The molecule has 3 N–H and O–H groups in total. The first-order chi connectivity index (χ1) is 9.60. The number of aliphatic hydroxyl groups is 1. The molecule has 0 bridgehead atoms. The minimum atomic E-state index is -1.13. The molecule has 0 fully saturated rings. The number of methoxy groups -OCH3 is 1. The second-order valence-electron chi connectivity index (χ2n) is 4.16. The minimum Gasteiger partial charge on any atom is -0.497 e. The number of aliphatic carboxylic acids is 1. The lowest BCUT2D eigenvalue weighted by Gasteiger charge is -2.19. The number of nitrogens with one attached hydrogen (secondary N) is 1. The van der Waals surface area contributed by atoms with Gasteiger partial charge in [-0.05, 0) is 23.8 Å². The molecule has 1 atom stereocenters. The predicted octanol–water partition coefficient (Wildman–Crippen LogP) is 0.986. The molecule has 0 amide bonds. The zero-order valence-electron chi connectivity index (χ0n) is 10.9. The fourth-order valence-electron chi connectivity index (χ4n) is 1.67. The molecule has 0 spiro atoms. The van der Waals surface area contributed by atoms with Gasteiger partial charge in [0.25, 0.3) is 0 Å². The third-order valence-corrected chi connectivity index (χ3v) is 2.78. The number of hydrogen-bond acceptors (Lipinski definition) is 5. The molecule has 1 aromatic rings. The highest BCUT2D eigenvalue weighted by Gasteiger charge is 2.19. The number of carboxylic acid groups (broad SMARTS) is 1. The monoisotopic (exact) mass is 277 g/mol. The predicted molar refractivity (Wildman–Crippen MR) is 70.7 cm³/mol. The van der Waals surface area contributed by atoms with E-state index in [9.17, 15) is 9.90 Å². The van der Waals surface area contributed by atoms with Crippen LogP contribution in [-0.4, -0.2) is 29.4 Å². The molecule has 106 valence electrons. The van der Waals surface area contributed by atoms with Gasteiger partial charge in [-0.3, -0.25) is 0 Å². The maximum absolute atomic E-state index is 10.7. The second kappa shape index (κ2) is 6.12. The summed E-state index contributed by atoms with van der Waals surface area (Å²) in [5, 5.41) is 21.1. The number of benzene rings is 1. The molecular formula is C14H15NO5. The standard InChI is InChI=1S/C14H15NO5/c1-19-10-4-2-9(3-5-10)8-20-13-7-15-11(14(17)18)6-12(13)16/h2-7,12,15-16H,8H2,1H3,(H,17,18)/t12-/m1/s1. The summed E-state index contributed by atoms with van der Waals surface area (Å²) >= 11 is 0. The Balaban J connectivity index is 1.93. The van der Waals surface area contributed by atoms with Gasteiger partial charge in [-0.25, -0.2) is 4.79 Å². The number of ether oxygens (including phenoxy) is 2. The number of carbonyl (C=O) groups is 1. The third kappa shape index (κ3) is 3.30. The fraction of sp³-hybridized carbons (Fsp3) is 0.214. The van der Waals surface area contributed by atoms with E-state index in [1.807, 2.05) is 24.3 Å². The van der Waals surface area contributed by atoms with Crippen LogP contribution >= 0.6 is 0 Å². The molecule has 6 heteroatoms. The number of dihydropyridines is 1. The second-order valence-corrected chi connectivity index (χ2v) is 4.16. The van der Waals surface area contributed by atoms with Gasteiger partial charge >= 0.3 is 5.97 Å². The Morgan fingerprint density at radius 3 is 2.60 bits per heavy atom. The van der Waals surface area contributed by atoms with Crippen molar-refractivity contribution < 1.29 is 24.5 Å². The average molecular weight is 277 g/mol. The Labute approximate surface area is 115 Å². The zero-order valence-corrected chi connectivity index (χ0v) is 10.9. The smallest absolute Gasteiger partial charge is 0.352 e. The van der Waals surface area contributed by atoms with Crippen molar-refractivity contribution >= 4 is 5.97 Å². The molecule has 1 aliphatic heterocycles. The van der Waals surface area contributed by atoms with Gasteiger partial charge in [0.1, 0.15) is 29.9 Å². The molecule has 0 radical (unpaired) electrons. The molecule has 1 aromatic carbocycles. The van der Waals surface area contributed by atoms with E-state index in [2.05, 4.69) is 5.32 Å². The lowest BCUT2D eigenvalue weighted by Crippen LogP contribution is -2.26. The Kier molecular flexibility index (Phi) is 4.27. The summed E-state index contributed by atoms with van der Waals surface area (Å²) in [4.78, 5) is 10.7. The lowest BCUT2D eigenvalue weighted by atomic mass is 10.2. The van der Waals surface area contributed by atoms with E-state index >= 15 is 0 Å². The molecule has 2 rings (SSSR count). The Morgan fingerprint density at radius 1 is 1.35 bits per heavy atom. The largest absolute Gasteiger partial charge is 0.497 e. The van der Waals surface area contributed by atoms with E-state index in [-0.39, 0.29) is 18.1 Å². The number of carboxylic acids is 1. The van der Waals surface area contributed by atoms with Crippen molar-refractivity contribution in [1.29, 1.82) is 0 Å². The van der Waals surface area contributed by atoms with E-state index in [0.717, 1.165) is 11.3 Å². The van der Waals surface area contributed by atoms with Crippen LogP contribution < -0.4 is 10.1 Å². The van der Waals surface area contributed by atoms with Crippen LogP contribution in [0.15, 0.2) is 48.0 Å². The van der Waals surface area contributed by atoms with Crippen LogP contribution in [0, 0.1) is 0 Å². The summed E-state index contributed by atoms with van der Waals surface area (Å²) in [6.07, 6.45) is 1.46. The van der Waals surface area contributed by atoms with Crippen LogP contribution in [0.4, 0.5) is 0 Å². The van der Waals surface area contributed by atoms with Crippen LogP contribution in [0.3, 0.4) is 0 Å². The summed E-state index contributed by atoms with van der Waals surface area (Å²) in [7, 11) is 1.59. The molecule has 0 saturated heterocycles. The van der Waals surface area contributed by atoms with E-state index < -0.39 is 12.1 Å². The highest BCUT2D eigenvalue weighted by atomic mass is 16.5. The van der Waals surface area contributed by atoms with Gasteiger partial charge in [-0.1, -0.05) is 12.1 Å². The van der Waals surface area contributed by atoms with Gasteiger partial charge in [0, 0.05) is 6.20 Å². The summed E-state index contributed by atoms with van der Waals surface area (Å²) in [5.74, 6) is -0.110. The molecule has 6 nitrogen and oxygen atoms in total. The Hall–Kier alpha value is -2.47. The van der Waals surface area contributed by atoms with Crippen LogP contribution in [-0.2, 0) is 16.1 Å². The lowest BCUT2D eigenvalue weighted by molar-refractivity contribution is -0.133. The first-order valence-corrected chi connectivity index (χ1v) is 5.95.